The minimum atomic E-state index is -1.18. The maximum Gasteiger partial charge on any atom is 0.270 e. The molecule has 0 radical (unpaired) electrons. The molecule has 0 aliphatic rings. The van der Waals surface area contributed by atoms with Crippen LogP contribution < -0.4 is 21.5 Å². The lowest BCUT2D eigenvalue weighted by atomic mass is 9.98. The van der Waals surface area contributed by atoms with E-state index in [1.165, 1.54) is 30.2 Å². The van der Waals surface area contributed by atoms with Gasteiger partial charge in [0, 0.05) is 11.1 Å². The molecule has 0 aliphatic heterocycles. The minimum Gasteiger partial charge on any atom is -0.497 e. The smallest absolute Gasteiger partial charge is 0.270 e. The number of rotatable bonds is 10. The molecule has 1 heterocycles. The number of amides is 3. The number of ether oxygens (including phenoxy) is 1. The van der Waals surface area contributed by atoms with Crippen LogP contribution in [-0.4, -0.2) is 39.6 Å². The van der Waals surface area contributed by atoms with Gasteiger partial charge in [0.25, 0.3) is 11.8 Å². The summed E-state index contributed by atoms with van der Waals surface area (Å²) in [6.07, 6.45) is 0.624. The summed E-state index contributed by atoms with van der Waals surface area (Å²) in [5.74, 6) is -2.04. The molecule has 0 unspecified atom stereocenters. The maximum atomic E-state index is 14.7. The molecule has 3 amide bonds. The topological polar surface area (TPSA) is 141 Å². The third-order valence-corrected chi connectivity index (χ3v) is 6.90. The highest BCUT2D eigenvalue weighted by Gasteiger charge is 2.37. The normalized spacial score (nSPS) is 12.0. The predicted octanol–water partition coefficient (Wildman–Crippen LogP) is 3.66. The van der Waals surface area contributed by atoms with Gasteiger partial charge in [-0.1, -0.05) is 37.3 Å². The van der Waals surface area contributed by atoms with E-state index in [0.717, 1.165) is 0 Å². The van der Waals surface area contributed by atoms with Gasteiger partial charge in [0.2, 0.25) is 5.91 Å². The molecular formula is C26H30FN5O4S. The van der Waals surface area contributed by atoms with E-state index < -0.39 is 35.1 Å². The quantitative estimate of drug-likeness (QED) is 0.368. The van der Waals surface area contributed by atoms with Crippen LogP contribution in [-0.2, 0) is 11.3 Å². The van der Waals surface area contributed by atoms with E-state index in [-0.39, 0.29) is 28.4 Å². The van der Waals surface area contributed by atoms with Gasteiger partial charge in [0.15, 0.2) is 5.69 Å². The lowest BCUT2D eigenvalue weighted by Crippen LogP contribution is -2.50. The van der Waals surface area contributed by atoms with Crippen molar-refractivity contribution in [3.05, 3.63) is 76.0 Å². The summed E-state index contributed by atoms with van der Waals surface area (Å²) in [5.41, 5.74) is 11.0. The number of nitrogen functional groups attached to an aromatic ring is 1. The fourth-order valence-electron chi connectivity index (χ4n) is 3.60. The van der Waals surface area contributed by atoms with E-state index >= 15 is 0 Å². The van der Waals surface area contributed by atoms with Gasteiger partial charge in [-0.3, -0.25) is 14.4 Å². The molecule has 196 valence electrons. The Morgan fingerprint density at radius 2 is 1.81 bits per heavy atom. The van der Waals surface area contributed by atoms with Crippen LogP contribution in [0.2, 0.25) is 0 Å². The molecule has 0 fully saturated rings. The number of methoxy groups -OCH3 is 1. The summed E-state index contributed by atoms with van der Waals surface area (Å²) in [4.78, 5) is 40.6. The average Bonchev–Trinajstić information content (AvgIpc) is 3.26. The first-order valence-corrected chi connectivity index (χ1v) is 12.3. The Morgan fingerprint density at radius 3 is 2.35 bits per heavy atom. The lowest BCUT2D eigenvalue weighted by Gasteiger charge is -2.34. The standard InChI is InChI=1S/C26H30FN5O4S/c1-5-26(2,3)30-24(34)21(15-10-12-17(36-4)13-11-15)32(14-16-8-6-7-9-18(16)27)25(35)22-19(28)20(23(29)33)31-37-22/h6-13,21H,5,14,28H2,1-4H3,(H2,29,33)(H,30,34)/t21-/m0/s1. The van der Waals surface area contributed by atoms with Gasteiger partial charge < -0.3 is 26.4 Å². The van der Waals surface area contributed by atoms with Gasteiger partial charge in [-0.05, 0) is 55.6 Å². The average molecular weight is 528 g/mol. The van der Waals surface area contributed by atoms with Crippen LogP contribution in [0.25, 0.3) is 0 Å². The molecule has 9 nitrogen and oxygen atoms in total. The number of carbonyl (C=O) groups excluding carboxylic acids is 3. The summed E-state index contributed by atoms with van der Waals surface area (Å²) in [7, 11) is 1.51. The summed E-state index contributed by atoms with van der Waals surface area (Å²) in [6, 6.07) is 11.4. The van der Waals surface area contributed by atoms with Crippen LogP contribution in [0.15, 0.2) is 48.5 Å². The molecule has 2 aromatic carbocycles. The van der Waals surface area contributed by atoms with Crippen molar-refractivity contribution in [2.45, 2.75) is 45.3 Å². The Balaban J connectivity index is 2.18. The van der Waals surface area contributed by atoms with Crippen molar-refractivity contribution < 1.29 is 23.5 Å². The van der Waals surface area contributed by atoms with Crippen molar-refractivity contribution in [1.29, 1.82) is 0 Å². The number of benzene rings is 2. The monoisotopic (exact) mass is 527 g/mol. The Morgan fingerprint density at radius 1 is 1.16 bits per heavy atom. The van der Waals surface area contributed by atoms with Crippen molar-refractivity contribution in [3.63, 3.8) is 0 Å². The summed E-state index contributed by atoms with van der Waals surface area (Å²) >= 11 is 0.691. The molecule has 3 aromatic rings. The second-order valence-corrected chi connectivity index (χ2v) is 9.84. The van der Waals surface area contributed by atoms with Crippen LogP contribution >= 0.6 is 11.5 Å². The van der Waals surface area contributed by atoms with E-state index in [1.807, 2.05) is 20.8 Å². The summed E-state index contributed by atoms with van der Waals surface area (Å²) in [5, 5.41) is 2.98. The van der Waals surface area contributed by atoms with Crippen molar-refractivity contribution in [2.24, 2.45) is 5.73 Å². The molecular weight excluding hydrogens is 497 g/mol. The summed E-state index contributed by atoms with van der Waals surface area (Å²) in [6.45, 7) is 5.39. The number of primary amides is 1. The first kappa shape index (κ1) is 27.6. The zero-order valence-corrected chi connectivity index (χ0v) is 21.9. The van der Waals surface area contributed by atoms with E-state index in [0.29, 0.717) is 29.3 Å². The molecule has 0 spiro atoms. The number of halogens is 1. The number of nitrogens with zero attached hydrogens (tertiary/aromatic N) is 2. The molecule has 0 bridgehead atoms. The predicted molar refractivity (Wildman–Crippen MR) is 140 cm³/mol. The van der Waals surface area contributed by atoms with Gasteiger partial charge in [-0.25, -0.2) is 4.39 Å². The number of aromatic nitrogens is 1. The fourth-order valence-corrected chi connectivity index (χ4v) is 4.36. The molecule has 3 rings (SSSR count). The molecule has 1 aromatic heterocycles. The van der Waals surface area contributed by atoms with Gasteiger partial charge in [-0.15, -0.1) is 0 Å². The molecule has 5 N–H and O–H groups in total. The van der Waals surface area contributed by atoms with Gasteiger partial charge >= 0.3 is 0 Å². The number of hydrogen-bond acceptors (Lipinski definition) is 7. The highest BCUT2D eigenvalue weighted by atomic mass is 32.1. The van der Waals surface area contributed by atoms with Gasteiger partial charge in [0.05, 0.1) is 19.3 Å². The third-order valence-electron chi connectivity index (χ3n) is 6.05. The minimum absolute atomic E-state index is 0.0776. The van der Waals surface area contributed by atoms with E-state index in [1.54, 1.807) is 30.3 Å². The zero-order valence-electron chi connectivity index (χ0n) is 21.1. The van der Waals surface area contributed by atoms with Crippen molar-refractivity contribution >= 4 is 34.9 Å². The summed E-state index contributed by atoms with van der Waals surface area (Å²) < 4.78 is 23.9. The number of anilines is 1. The van der Waals surface area contributed by atoms with Crippen LogP contribution in [0.3, 0.4) is 0 Å². The molecule has 11 heteroatoms. The number of nitrogens with two attached hydrogens (primary N) is 2. The van der Waals surface area contributed by atoms with Crippen molar-refractivity contribution in [3.8, 4) is 5.75 Å². The molecule has 0 saturated heterocycles. The van der Waals surface area contributed by atoms with Crippen LogP contribution in [0.4, 0.5) is 10.1 Å². The number of nitrogens with one attached hydrogen (secondary N) is 1. The van der Waals surface area contributed by atoms with Gasteiger partial charge in [0.1, 0.15) is 22.5 Å². The Bertz CT molecular complexity index is 1290. The molecule has 37 heavy (non-hydrogen) atoms. The van der Waals surface area contributed by atoms with Crippen LogP contribution in [0.5, 0.6) is 5.75 Å². The largest absolute Gasteiger partial charge is 0.497 e. The Labute approximate surface area is 218 Å². The third kappa shape index (κ3) is 6.23. The Kier molecular flexibility index (Phi) is 8.49. The van der Waals surface area contributed by atoms with Crippen molar-refractivity contribution in [1.82, 2.24) is 14.6 Å². The van der Waals surface area contributed by atoms with E-state index in [2.05, 4.69) is 9.69 Å². The molecule has 0 saturated carbocycles. The number of hydrogen-bond donors (Lipinski definition) is 3. The first-order valence-electron chi connectivity index (χ1n) is 11.5. The SMILES string of the molecule is CCC(C)(C)NC(=O)[C@H](c1ccc(OC)cc1)N(Cc1ccccc1F)C(=O)c1snc(C(N)=O)c1N. The molecule has 0 aliphatic carbocycles. The second-order valence-electron chi connectivity index (χ2n) is 9.07. The zero-order chi connectivity index (χ0) is 27.3. The second kappa shape index (κ2) is 11.4. The fraction of sp³-hybridized carbons (Fsp3) is 0.308. The maximum absolute atomic E-state index is 14.7. The van der Waals surface area contributed by atoms with Crippen molar-refractivity contribution in [2.75, 3.05) is 12.8 Å². The highest BCUT2D eigenvalue weighted by Crippen LogP contribution is 2.32. The van der Waals surface area contributed by atoms with E-state index in [4.69, 9.17) is 16.2 Å². The van der Waals surface area contributed by atoms with Crippen LogP contribution in [0.1, 0.15) is 64.5 Å². The molecule has 1 atom stereocenters. The van der Waals surface area contributed by atoms with Gasteiger partial charge in [-0.2, -0.15) is 4.37 Å². The Hall–Kier alpha value is -3.99. The lowest BCUT2D eigenvalue weighted by molar-refractivity contribution is -0.127. The van der Waals surface area contributed by atoms with E-state index in [9.17, 15) is 18.8 Å². The first-order chi connectivity index (χ1) is 17.5. The highest BCUT2D eigenvalue weighted by molar-refractivity contribution is 7.09. The number of carbonyl (C=O) groups is 3. The van der Waals surface area contributed by atoms with Crippen LogP contribution in [0, 0.1) is 5.82 Å².